The van der Waals surface area contributed by atoms with E-state index in [1.165, 1.54) is 0 Å². The highest BCUT2D eigenvalue weighted by Gasteiger charge is 2.17. The van der Waals surface area contributed by atoms with Crippen LogP contribution in [0.15, 0.2) is 24.3 Å². The van der Waals surface area contributed by atoms with Crippen molar-refractivity contribution < 1.29 is 19.1 Å². The molecule has 9 heteroatoms. The lowest BCUT2D eigenvalue weighted by Gasteiger charge is -2.10. The molecule has 0 aliphatic carbocycles. The van der Waals surface area contributed by atoms with Crippen molar-refractivity contribution in [3.05, 3.63) is 41.2 Å². The van der Waals surface area contributed by atoms with Crippen molar-refractivity contribution in [1.82, 2.24) is 25.9 Å². The van der Waals surface area contributed by atoms with Crippen LogP contribution in [0, 0.1) is 13.8 Å². The van der Waals surface area contributed by atoms with Crippen LogP contribution >= 0.6 is 0 Å². The molecule has 0 saturated heterocycles. The lowest BCUT2D eigenvalue weighted by Crippen LogP contribution is -2.49. The lowest BCUT2D eigenvalue weighted by atomic mass is 10.1. The zero-order chi connectivity index (χ0) is 21.6. The molecule has 0 radical (unpaired) electrons. The Morgan fingerprint density at radius 3 is 2.52 bits per heavy atom. The van der Waals surface area contributed by atoms with Crippen LogP contribution in [0.1, 0.15) is 37.2 Å². The van der Waals surface area contributed by atoms with Gasteiger partial charge in [-0.05, 0) is 51.8 Å². The average Bonchev–Trinajstić information content (AvgIpc) is 2.97. The number of aryl methyl sites for hydroxylation is 1. The first-order valence-corrected chi connectivity index (χ1v) is 9.32. The summed E-state index contributed by atoms with van der Waals surface area (Å²) in [4.78, 5) is 35.2. The Kier molecular flexibility index (Phi) is 7.35. The predicted octanol–water partition coefficient (Wildman–Crippen LogP) is 1.10. The first-order chi connectivity index (χ1) is 13.7. The monoisotopic (exact) mass is 401 g/mol. The Labute approximate surface area is 169 Å². The molecule has 0 spiro atoms. The summed E-state index contributed by atoms with van der Waals surface area (Å²) >= 11 is 0. The summed E-state index contributed by atoms with van der Waals surface area (Å²) in [5.74, 6) is -1.38. The summed E-state index contributed by atoms with van der Waals surface area (Å²) in [6, 6.07) is 7.38. The van der Waals surface area contributed by atoms with Crippen molar-refractivity contribution in [2.24, 2.45) is 0 Å². The molecule has 1 aromatic heterocycles. The second-order valence-electron chi connectivity index (χ2n) is 6.89. The van der Waals surface area contributed by atoms with Crippen molar-refractivity contribution in [2.75, 3.05) is 7.11 Å². The molecule has 1 aromatic carbocycles. The summed E-state index contributed by atoms with van der Waals surface area (Å²) in [5, 5.41) is 7.01. The zero-order valence-electron chi connectivity index (χ0n) is 17.3. The molecule has 0 atom stereocenters. The standard InChI is InChI=1S/C20H27N5O4/c1-12(2)21-19(27)20(28)23-22-18(26)10-9-17-13(3)24-25(14(17)4)15-7-6-8-16(11-15)29-5/h6-8,11-12H,9-10H2,1-5H3,(H,21,27)(H,22,26)(H,23,28). The molecule has 0 aliphatic heterocycles. The first-order valence-electron chi connectivity index (χ1n) is 9.32. The molecule has 0 aliphatic rings. The number of carbonyl (C=O) groups is 3. The molecular weight excluding hydrogens is 374 g/mol. The van der Waals surface area contributed by atoms with Crippen LogP contribution in [0.2, 0.25) is 0 Å². The molecule has 0 bridgehead atoms. The van der Waals surface area contributed by atoms with E-state index in [1.807, 2.05) is 42.8 Å². The predicted molar refractivity (Wildman–Crippen MR) is 107 cm³/mol. The third-order valence-electron chi connectivity index (χ3n) is 4.28. The highest BCUT2D eigenvalue weighted by atomic mass is 16.5. The van der Waals surface area contributed by atoms with Gasteiger partial charge >= 0.3 is 11.8 Å². The average molecular weight is 401 g/mol. The highest BCUT2D eigenvalue weighted by molar-refractivity contribution is 6.35. The number of amides is 3. The molecule has 156 valence electrons. The number of hydrogen-bond acceptors (Lipinski definition) is 5. The fourth-order valence-corrected chi connectivity index (χ4v) is 2.84. The Balaban J connectivity index is 1.97. The molecule has 2 aromatic rings. The number of carbonyl (C=O) groups excluding carboxylic acids is 3. The van der Waals surface area contributed by atoms with E-state index in [0.717, 1.165) is 28.4 Å². The maximum Gasteiger partial charge on any atom is 0.327 e. The number of benzene rings is 1. The van der Waals surface area contributed by atoms with Gasteiger partial charge in [-0.3, -0.25) is 25.2 Å². The molecular formula is C20H27N5O4. The van der Waals surface area contributed by atoms with E-state index in [2.05, 4.69) is 21.3 Å². The second kappa shape index (κ2) is 9.72. The van der Waals surface area contributed by atoms with Crippen LogP contribution in [-0.2, 0) is 20.8 Å². The van der Waals surface area contributed by atoms with Crippen molar-refractivity contribution in [1.29, 1.82) is 0 Å². The number of nitrogens with one attached hydrogen (secondary N) is 3. The van der Waals surface area contributed by atoms with Crippen molar-refractivity contribution in [2.45, 2.75) is 46.6 Å². The number of ether oxygens (including phenoxy) is 1. The third-order valence-corrected chi connectivity index (χ3v) is 4.28. The Morgan fingerprint density at radius 2 is 1.86 bits per heavy atom. The fraction of sp³-hybridized carbons (Fsp3) is 0.400. The summed E-state index contributed by atoms with van der Waals surface area (Å²) < 4.78 is 7.07. The van der Waals surface area contributed by atoms with Gasteiger partial charge in [0, 0.05) is 24.2 Å². The SMILES string of the molecule is COc1cccc(-n2nc(C)c(CCC(=O)NNC(=O)C(=O)NC(C)C)c2C)c1. The van der Waals surface area contributed by atoms with Gasteiger partial charge in [-0.15, -0.1) is 0 Å². The Hall–Kier alpha value is -3.36. The molecule has 9 nitrogen and oxygen atoms in total. The Bertz CT molecular complexity index is 904. The number of hydrazine groups is 1. The quantitative estimate of drug-likeness (QED) is 0.495. The number of methoxy groups -OCH3 is 1. The van der Waals surface area contributed by atoms with Gasteiger partial charge in [0.05, 0.1) is 18.5 Å². The molecule has 2 rings (SSSR count). The number of hydrogen-bond donors (Lipinski definition) is 3. The zero-order valence-corrected chi connectivity index (χ0v) is 17.3. The maximum absolute atomic E-state index is 12.0. The van der Waals surface area contributed by atoms with Crippen LogP contribution in [0.25, 0.3) is 5.69 Å². The lowest BCUT2D eigenvalue weighted by molar-refractivity contribution is -0.141. The van der Waals surface area contributed by atoms with Crippen molar-refractivity contribution >= 4 is 17.7 Å². The molecule has 0 fully saturated rings. The van der Waals surface area contributed by atoms with Crippen LogP contribution in [-0.4, -0.2) is 40.7 Å². The molecule has 29 heavy (non-hydrogen) atoms. The van der Waals surface area contributed by atoms with Gasteiger partial charge in [0.1, 0.15) is 5.75 Å². The van der Waals surface area contributed by atoms with E-state index in [1.54, 1.807) is 21.0 Å². The van der Waals surface area contributed by atoms with Gasteiger partial charge in [-0.2, -0.15) is 5.10 Å². The second-order valence-corrected chi connectivity index (χ2v) is 6.89. The van der Waals surface area contributed by atoms with Gasteiger partial charge in [-0.1, -0.05) is 6.07 Å². The number of aromatic nitrogens is 2. The van der Waals surface area contributed by atoms with E-state index in [4.69, 9.17) is 4.74 Å². The minimum absolute atomic E-state index is 0.136. The van der Waals surface area contributed by atoms with Gasteiger partial charge in [0.25, 0.3) is 0 Å². The largest absolute Gasteiger partial charge is 0.497 e. The van der Waals surface area contributed by atoms with Gasteiger partial charge in [-0.25, -0.2) is 4.68 Å². The van der Waals surface area contributed by atoms with E-state index in [-0.39, 0.29) is 12.5 Å². The minimum Gasteiger partial charge on any atom is -0.497 e. The van der Waals surface area contributed by atoms with Gasteiger partial charge in [0.15, 0.2) is 0 Å². The summed E-state index contributed by atoms with van der Waals surface area (Å²) in [6.07, 6.45) is 0.582. The molecule has 0 unspecified atom stereocenters. The Morgan fingerprint density at radius 1 is 1.14 bits per heavy atom. The smallest absolute Gasteiger partial charge is 0.327 e. The van der Waals surface area contributed by atoms with E-state index in [0.29, 0.717) is 6.42 Å². The number of nitrogens with zero attached hydrogens (tertiary/aromatic N) is 2. The minimum atomic E-state index is -0.912. The van der Waals surface area contributed by atoms with E-state index >= 15 is 0 Å². The summed E-state index contributed by atoms with van der Waals surface area (Å²) in [5.41, 5.74) is 7.92. The van der Waals surface area contributed by atoms with Crippen LogP contribution < -0.4 is 20.9 Å². The van der Waals surface area contributed by atoms with Gasteiger partial charge < -0.3 is 10.1 Å². The van der Waals surface area contributed by atoms with E-state index < -0.39 is 17.7 Å². The van der Waals surface area contributed by atoms with Crippen molar-refractivity contribution in [3.8, 4) is 11.4 Å². The highest BCUT2D eigenvalue weighted by Crippen LogP contribution is 2.22. The molecule has 0 saturated carbocycles. The topological polar surface area (TPSA) is 114 Å². The first kappa shape index (κ1) is 21.9. The van der Waals surface area contributed by atoms with Crippen LogP contribution in [0.4, 0.5) is 0 Å². The van der Waals surface area contributed by atoms with Crippen LogP contribution in [0.3, 0.4) is 0 Å². The van der Waals surface area contributed by atoms with E-state index in [9.17, 15) is 14.4 Å². The molecule has 1 heterocycles. The third kappa shape index (κ3) is 5.81. The summed E-state index contributed by atoms with van der Waals surface area (Å²) in [7, 11) is 1.61. The van der Waals surface area contributed by atoms with Crippen molar-refractivity contribution in [3.63, 3.8) is 0 Å². The van der Waals surface area contributed by atoms with Crippen LogP contribution in [0.5, 0.6) is 5.75 Å². The fourth-order valence-electron chi connectivity index (χ4n) is 2.84. The molecule has 3 N–H and O–H groups in total. The molecule has 3 amide bonds. The summed E-state index contributed by atoms with van der Waals surface area (Å²) in [6.45, 7) is 7.29. The van der Waals surface area contributed by atoms with Gasteiger partial charge in [0.2, 0.25) is 5.91 Å². The normalized spacial score (nSPS) is 10.6. The number of rotatable bonds is 6. The maximum atomic E-state index is 12.0.